The molecule has 16 heavy (non-hydrogen) atoms. The first kappa shape index (κ1) is 9.22. The minimum absolute atomic E-state index is 0.321. The highest BCUT2D eigenvalue weighted by atomic mass is 16.3. The Morgan fingerprint density at radius 2 is 1.62 bits per heavy atom. The molecule has 0 fully saturated rings. The molecule has 0 atom stereocenters. The van der Waals surface area contributed by atoms with Crippen LogP contribution in [-0.2, 0) is 0 Å². The second-order valence-corrected chi connectivity index (χ2v) is 4.14. The number of hydrogen-bond acceptors (Lipinski definition) is 1. The van der Waals surface area contributed by atoms with Gasteiger partial charge in [0.1, 0.15) is 5.75 Å². The van der Waals surface area contributed by atoms with Crippen LogP contribution in [0, 0.1) is 6.92 Å². The van der Waals surface area contributed by atoms with Crippen LogP contribution >= 0.6 is 0 Å². The Balaban J connectivity index is 2.58. The van der Waals surface area contributed by atoms with Gasteiger partial charge in [-0.2, -0.15) is 0 Å². The van der Waals surface area contributed by atoms with Crippen molar-refractivity contribution in [3.8, 4) is 5.75 Å². The van der Waals surface area contributed by atoms with Crippen molar-refractivity contribution in [1.29, 1.82) is 0 Å². The molecule has 0 amide bonds. The van der Waals surface area contributed by atoms with Gasteiger partial charge in [0.15, 0.2) is 0 Å². The van der Waals surface area contributed by atoms with Crippen LogP contribution in [0.3, 0.4) is 0 Å². The number of aryl methyl sites for hydroxylation is 1. The number of phenols is 1. The Bertz CT molecular complexity index is 683. The van der Waals surface area contributed by atoms with Gasteiger partial charge in [-0.1, -0.05) is 36.4 Å². The quantitative estimate of drug-likeness (QED) is 0.553. The first-order valence-electron chi connectivity index (χ1n) is 5.37. The van der Waals surface area contributed by atoms with Gasteiger partial charge in [-0.3, -0.25) is 0 Å². The summed E-state index contributed by atoms with van der Waals surface area (Å²) in [5, 5.41) is 14.3. The second kappa shape index (κ2) is 3.24. The summed E-state index contributed by atoms with van der Waals surface area (Å²) in [6.45, 7) is 2.11. The van der Waals surface area contributed by atoms with E-state index in [4.69, 9.17) is 0 Å². The molecule has 0 saturated heterocycles. The summed E-state index contributed by atoms with van der Waals surface area (Å²) in [5.41, 5.74) is 1.27. The first-order chi connectivity index (χ1) is 7.75. The average Bonchev–Trinajstić information content (AvgIpc) is 2.29. The normalized spacial score (nSPS) is 11.1. The minimum atomic E-state index is 0.321. The van der Waals surface area contributed by atoms with E-state index in [1.807, 2.05) is 12.1 Å². The zero-order valence-corrected chi connectivity index (χ0v) is 9.07. The van der Waals surface area contributed by atoms with Crippen LogP contribution in [0.1, 0.15) is 5.56 Å². The van der Waals surface area contributed by atoms with Crippen molar-refractivity contribution < 1.29 is 5.11 Å². The molecule has 1 N–H and O–H groups in total. The van der Waals surface area contributed by atoms with Crippen molar-refractivity contribution in [2.45, 2.75) is 6.92 Å². The lowest BCUT2D eigenvalue weighted by Crippen LogP contribution is -1.80. The van der Waals surface area contributed by atoms with Crippen LogP contribution in [0.15, 0.2) is 48.5 Å². The molecule has 0 unspecified atom stereocenters. The number of fused-ring (bicyclic) bond motifs is 3. The van der Waals surface area contributed by atoms with Gasteiger partial charge in [0.25, 0.3) is 0 Å². The molecule has 0 bridgehead atoms. The molecular formula is C15H12O. The fourth-order valence-corrected chi connectivity index (χ4v) is 2.23. The van der Waals surface area contributed by atoms with Gasteiger partial charge in [-0.15, -0.1) is 0 Å². The van der Waals surface area contributed by atoms with Gasteiger partial charge >= 0.3 is 0 Å². The molecule has 0 heterocycles. The Hall–Kier alpha value is -2.02. The topological polar surface area (TPSA) is 20.2 Å². The van der Waals surface area contributed by atoms with Gasteiger partial charge in [-0.25, -0.2) is 0 Å². The summed E-state index contributed by atoms with van der Waals surface area (Å²) in [7, 11) is 0. The van der Waals surface area contributed by atoms with E-state index in [1.165, 1.54) is 16.3 Å². The monoisotopic (exact) mass is 208 g/mol. The Morgan fingerprint density at radius 3 is 2.50 bits per heavy atom. The van der Waals surface area contributed by atoms with Crippen LogP contribution in [0.2, 0.25) is 0 Å². The molecule has 0 aliphatic rings. The van der Waals surface area contributed by atoms with E-state index in [9.17, 15) is 5.11 Å². The van der Waals surface area contributed by atoms with Crippen LogP contribution in [-0.4, -0.2) is 5.11 Å². The molecule has 78 valence electrons. The predicted molar refractivity (Wildman–Crippen MR) is 67.9 cm³/mol. The lowest BCUT2D eigenvalue weighted by Gasteiger charge is -2.06. The molecule has 0 radical (unpaired) electrons. The molecule has 3 aromatic rings. The summed E-state index contributed by atoms with van der Waals surface area (Å²) < 4.78 is 0. The molecule has 3 rings (SSSR count). The maximum Gasteiger partial charge on any atom is 0.116 e. The van der Waals surface area contributed by atoms with Gasteiger partial charge < -0.3 is 5.11 Å². The lowest BCUT2D eigenvalue weighted by atomic mass is 9.99. The highest BCUT2D eigenvalue weighted by Gasteiger charge is 2.02. The Kier molecular flexibility index (Phi) is 1.87. The molecular weight excluding hydrogens is 196 g/mol. The third-order valence-corrected chi connectivity index (χ3v) is 3.08. The van der Waals surface area contributed by atoms with Crippen molar-refractivity contribution >= 4 is 21.5 Å². The van der Waals surface area contributed by atoms with Crippen LogP contribution in [0.25, 0.3) is 21.5 Å². The smallest absolute Gasteiger partial charge is 0.116 e. The SMILES string of the molecule is Cc1cccc2c1ccc1ccc(O)cc12. The second-order valence-electron chi connectivity index (χ2n) is 4.14. The fraction of sp³-hybridized carbons (Fsp3) is 0.0667. The molecule has 0 saturated carbocycles. The van der Waals surface area contributed by atoms with Gasteiger partial charge in [0, 0.05) is 0 Å². The number of benzene rings is 3. The molecule has 3 aromatic carbocycles. The van der Waals surface area contributed by atoms with E-state index in [0.29, 0.717) is 5.75 Å². The lowest BCUT2D eigenvalue weighted by molar-refractivity contribution is 0.476. The van der Waals surface area contributed by atoms with E-state index >= 15 is 0 Å². The molecule has 0 aromatic heterocycles. The predicted octanol–water partition coefficient (Wildman–Crippen LogP) is 4.01. The molecule has 0 aliphatic heterocycles. The number of hydrogen-bond donors (Lipinski definition) is 1. The summed E-state index contributed by atoms with van der Waals surface area (Å²) in [5.74, 6) is 0.321. The summed E-state index contributed by atoms with van der Waals surface area (Å²) in [6.07, 6.45) is 0. The van der Waals surface area contributed by atoms with E-state index in [2.05, 4.69) is 37.3 Å². The van der Waals surface area contributed by atoms with Gasteiger partial charge in [0.05, 0.1) is 0 Å². The average molecular weight is 208 g/mol. The Labute approximate surface area is 94.0 Å². The molecule has 0 spiro atoms. The highest BCUT2D eigenvalue weighted by molar-refractivity contribution is 6.08. The highest BCUT2D eigenvalue weighted by Crippen LogP contribution is 2.29. The first-order valence-corrected chi connectivity index (χ1v) is 5.37. The van der Waals surface area contributed by atoms with Crippen molar-refractivity contribution in [2.24, 2.45) is 0 Å². The molecule has 1 nitrogen and oxygen atoms in total. The minimum Gasteiger partial charge on any atom is -0.508 e. The zero-order chi connectivity index (χ0) is 11.1. The standard InChI is InChI=1S/C15H12O/c1-10-3-2-4-14-13(10)8-6-11-5-7-12(16)9-15(11)14/h2-9,16H,1H3. The largest absolute Gasteiger partial charge is 0.508 e. The van der Waals surface area contributed by atoms with E-state index in [-0.39, 0.29) is 0 Å². The van der Waals surface area contributed by atoms with Crippen molar-refractivity contribution in [3.05, 3.63) is 54.1 Å². The number of phenolic OH excluding ortho intramolecular Hbond substituents is 1. The Morgan fingerprint density at radius 1 is 0.812 bits per heavy atom. The third-order valence-electron chi connectivity index (χ3n) is 3.08. The summed E-state index contributed by atoms with van der Waals surface area (Å²) in [4.78, 5) is 0. The van der Waals surface area contributed by atoms with Gasteiger partial charge in [0.2, 0.25) is 0 Å². The summed E-state index contributed by atoms with van der Waals surface area (Å²) >= 11 is 0. The zero-order valence-electron chi connectivity index (χ0n) is 9.07. The van der Waals surface area contributed by atoms with Gasteiger partial charge in [-0.05, 0) is 46.2 Å². The third kappa shape index (κ3) is 1.25. The van der Waals surface area contributed by atoms with Crippen LogP contribution in [0.4, 0.5) is 0 Å². The number of aromatic hydroxyl groups is 1. The van der Waals surface area contributed by atoms with Crippen LogP contribution in [0.5, 0.6) is 5.75 Å². The van der Waals surface area contributed by atoms with E-state index in [0.717, 1.165) is 10.8 Å². The number of rotatable bonds is 0. The van der Waals surface area contributed by atoms with Crippen molar-refractivity contribution in [3.63, 3.8) is 0 Å². The van der Waals surface area contributed by atoms with Crippen LogP contribution < -0.4 is 0 Å². The van der Waals surface area contributed by atoms with Crippen molar-refractivity contribution in [2.75, 3.05) is 0 Å². The van der Waals surface area contributed by atoms with Crippen molar-refractivity contribution in [1.82, 2.24) is 0 Å². The molecule has 0 aliphatic carbocycles. The molecule has 1 heteroatoms. The fourth-order valence-electron chi connectivity index (χ4n) is 2.23. The summed E-state index contributed by atoms with van der Waals surface area (Å²) in [6, 6.07) is 16.0. The maximum absolute atomic E-state index is 9.56. The maximum atomic E-state index is 9.56. The van der Waals surface area contributed by atoms with E-state index < -0.39 is 0 Å². The van der Waals surface area contributed by atoms with E-state index in [1.54, 1.807) is 6.07 Å².